The molecule has 2 aromatic rings. The molecular formula is C14H11ClN4O2. The second kappa shape index (κ2) is 6.20. The van der Waals surface area contributed by atoms with Crippen molar-refractivity contribution >= 4 is 23.2 Å². The highest BCUT2D eigenvalue weighted by atomic mass is 35.5. The number of hydrogen-bond acceptors (Lipinski definition) is 4. The van der Waals surface area contributed by atoms with Crippen molar-refractivity contribution in [3.63, 3.8) is 0 Å². The molecular weight excluding hydrogens is 292 g/mol. The molecule has 0 aliphatic rings. The molecule has 0 spiro atoms. The lowest BCUT2D eigenvalue weighted by molar-refractivity contribution is 0.102. The molecule has 1 heterocycles. The molecule has 0 aliphatic carbocycles. The van der Waals surface area contributed by atoms with Gasteiger partial charge in [0.1, 0.15) is 11.8 Å². The Labute approximate surface area is 125 Å². The van der Waals surface area contributed by atoms with E-state index >= 15 is 0 Å². The summed E-state index contributed by atoms with van der Waals surface area (Å²) < 4.78 is 1.18. The number of aryl methyl sites for hydroxylation is 1. The first-order valence-electron chi connectivity index (χ1n) is 6.14. The number of anilines is 1. The number of nitrogens with zero attached hydrogens (tertiary/aromatic N) is 3. The summed E-state index contributed by atoms with van der Waals surface area (Å²) >= 11 is 5.85. The molecule has 0 aliphatic heterocycles. The van der Waals surface area contributed by atoms with Crippen molar-refractivity contribution in [2.75, 3.05) is 5.32 Å². The zero-order valence-corrected chi connectivity index (χ0v) is 11.9. The molecule has 1 amide bonds. The van der Waals surface area contributed by atoms with E-state index in [1.165, 1.54) is 28.9 Å². The van der Waals surface area contributed by atoms with Crippen LogP contribution in [0, 0.1) is 11.3 Å². The molecule has 1 aromatic carbocycles. The van der Waals surface area contributed by atoms with Crippen molar-refractivity contribution in [1.82, 2.24) is 9.78 Å². The van der Waals surface area contributed by atoms with Crippen LogP contribution in [0.1, 0.15) is 23.0 Å². The lowest BCUT2D eigenvalue weighted by Gasteiger charge is -2.08. The average molecular weight is 303 g/mol. The van der Waals surface area contributed by atoms with Crippen LogP contribution in [0.25, 0.3) is 0 Å². The Morgan fingerprint density at radius 2 is 2.19 bits per heavy atom. The molecule has 0 bridgehead atoms. The number of hydrogen-bond donors (Lipinski definition) is 1. The molecule has 0 unspecified atom stereocenters. The minimum absolute atomic E-state index is 0.0836. The van der Waals surface area contributed by atoms with E-state index in [9.17, 15) is 9.59 Å². The van der Waals surface area contributed by atoms with Crippen molar-refractivity contribution in [1.29, 1.82) is 5.26 Å². The third-order valence-electron chi connectivity index (χ3n) is 2.75. The number of aromatic nitrogens is 2. The van der Waals surface area contributed by atoms with Gasteiger partial charge in [0, 0.05) is 17.6 Å². The summed E-state index contributed by atoms with van der Waals surface area (Å²) in [5, 5.41) is 15.9. The van der Waals surface area contributed by atoms with Crippen LogP contribution in [-0.2, 0) is 6.54 Å². The van der Waals surface area contributed by atoms with Crippen LogP contribution in [0.2, 0.25) is 5.02 Å². The monoisotopic (exact) mass is 302 g/mol. The van der Waals surface area contributed by atoms with Gasteiger partial charge >= 0.3 is 0 Å². The molecule has 0 saturated carbocycles. The van der Waals surface area contributed by atoms with Crippen LogP contribution in [0.4, 0.5) is 5.69 Å². The average Bonchev–Trinajstić information content (AvgIpc) is 2.48. The number of halogens is 1. The van der Waals surface area contributed by atoms with Gasteiger partial charge in [-0.2, -0.15) is 10.4 Å². The summed E-state index contributed by atoms with van der Waals surface area (Å²) in [6.45, 7) is 2.11. The maximum absolute atomic E-state index is 12.1. The molecule has 21 heavy (non-hydrogen) atoms. The number of carbonyl (C=O) groups is 1. The van der Waals surface area contributed by atoms with Gasteiger partial charge in [-0.05, 0) is 31.2 Å². The summed E-state index contributed by atoms with van der Waals surface area (Å²) in [5.41, 5.74) is 0.387. The highest BCUT2D eigenvalue weighted by molar-refractivity contribution is 6.31. The first-order valence-corrected chi connectivity index (χ1v) is 6.52. The van der Waals surface area contributed by atoms with Crippen LogP contribution in [0.15, 0.2) is 35.1 Å². The number of amides is 1. The van der Waals surface area contributed by atoms with Crippen molar-refractivity contribution in [3.05, 3.63) is 57.0 Å². The van der Waals surface area contributed by atoms with Gasteiger partial charge in [-0.15, -0.1) is 0 Å². The van der Waals surface area contributed by atoms with E-state index in [0.29, 0.717) is 17.3 Å². The molecule has 6 nitrogen and oxygen atoms in total. The fourth-order valence-corrected chi connectivity index (χ4v) is 1.87. The molecule has 0 atom stereocenters. The largest absolute Gasteiger partial charge is 0.319 e. The Balaban J connectivity index is 2.32. The standard InChI is InChI=1S/C14H11ClN4O2/c1-2-19-13(20)6-5-11(18-19)14(21)17-12-7-10(15)4-3-9(12)8-16/h3-7H,2H2,1H3,(H,17,21). The fourth-order valence-electron chi connectivity index (χ4n) is 1.70. The third kappa shape index (κ3) is 3.27. The summed E-state index contributed by atoms with van der Waals surface area (Å²) in [5.74, 6) is -0.518. The quantitative estimate of drug-likeness (QED) is 0.939. The number of carbonyl (C=O) groups excluding carboxylic acids is 1. The first-order chi connectivity index (χ1) is 10.0. The number of nitrogens with one attached hydrogen (secondary N) is 1. The zero-order valence-electron chi connectivity index (χ0n) is 11.1. The molecule has 0 fully saturated rings. The Bertz CT molecular complexity index is 792. The summed E-state index contributed by atoms with van der Waals surface area (Å²) in [6.07, 6.45) is 0. The molecule has 7 heteroatoms. The molecule has 106 valence electrons. The predicted octanol–water partition coefficient (Wildman–Crippen LogP) is 2.04. The maximum Gasteiger partial charge on any atom is 0.276 e. The smallest absolute Gasteiger partial charge is 0.276 e. The van der Waals surface area contributed by atoms with E-state index < -0.39 is 5.91 Å². The van der Waals surface area contributed by atoms with E-state index in [0.717, 1.165) is 0 Å². The van der Waals surface area contributed by atoms with E-state index in [1.54, 1.807) is 13.0 Å². The normalized spacial score (nSPS) is 9.95. The van der Waals surface area contributed by atoms with Gasteiger partial charge in [0.05, 0.1) is 11.3 Å². The lowest BCUT2D eigenvalue weighted by atomic mass is 10.2. The maximum atomic E-state index is 12.1. The van der Waals surface area contributed by atoms with Crippen LogP contribution in [0.5, 0.6) is 0 Å². The van der Waals surface area contributed by atoms with Gasteiger partial charge in [0.2, 0.25) is 0 Å². The van der Waals surface area contributed by atoms with Gasteiger partial charge < -0.3 is 5.32 Å². The Morgan fingerprint density at radius 1 is 1.43 bits per heavy atom. The van der Waals surface area contributed by atoms with Gasteiger partial charge in [0.15, 0.2) is 0 Å². The fraction of sp³-hybridized carbons (Fsp3) is 0.143. The van der Waals surface area contributed by atoms with Crippen molar-refractivity contribution in [2.45, 2.75) is 13.5 Å². The van der Waals surface area contributed by atoms with E-state index in [4.69, 9.17) is 16.9 Å². The van der Waals surface area contributed by atoms with Crippen LogP contribution < -0.4 is 10.9 Å². The second-order valence-corrected chi connectivity index (χ2v) is 4.56. The highest BCUT2D eigenvalue weighted by Gasteiger charge is 2.12. The Morgan fingerprint density at radius 3 is 2.86 bits per heavy atom. The van der Waals surface area contributed by atoms with Gasteiger partial charge in [-0.25, -0.2) is 4.68 Å². The van der Waals surface area contributed by atoms with Crippen molar-refractivity contribution < 1.29 is 4.79 Å². The predicted molar refractivity (Wildman–Crippen MR) is 78.3 cm³/mol. The van der Waals surface area contributed by atoms with Gasteiger partial charge in [-0.3, -0.25) is 9.59 Å². The minimum atomic E-state index is -0.518. The molecule has 1 aromatic heterocycles. The van der Waals surface area contributed by atoms with Crippen LogP contribution in [-0.4, -0.2) is 15.7 Å². The Kier molecular flexibility index (Phi) is 4.36. The number of nitriles is 1. The summed E-state index contributed by atoms with van der Waals surface area (Å²) in [4.78, 5) is 23.6. The lowest BCUT2D eigenvalue weighted by Crippen LogP contribution is -2.25. The third-order valence-corrected chi connectivity index (χ3v) is 2.98. The second-order valence-electron chi connectivity index (χ2n) is 4.13. The molecule has 0 radical (unpaired) electrons. The van der Waals surface area contributed by atoms with Gasteiger partial charge in [0.25, 0.3) is 11.5 Å². The van der Waals surface area contributed by atoms with Crippen molar-refractivity contribution in [2.24, 2.45) is 0 Å². The summed E-state index contributed by atoms with van der Waals surface area (Å²) in [6, 6.07) is 9.12. The minimum Gasteiger partial charge on any atom is -0.319 e. The van der Waals surface area contributed by atoms with Crippen LogP contribution in [0.3, 0.4) is 0 Å². The zero-order chi connectivity index (χ0) is 15.4. The van der Waals surface area contributed by atoms with E-state index in [1.807, 2.05) is 6.07 Å². The topological polar surface area (TPSA) is 87.8 Å². The highest BCUT2D eigenvalue weighted by Crippen LogP contribution is 2.20. The molecule has 0 saturated heterocycles. The molecule has 2 rings (SSSR count). The van der Waals surface area contributed by atoms with E-state index in [2.05, 4.69) is 10.4 Å². The first kappa shape index (κ1) is 14.8. The van der Waals surface area contributed by atoms with Crippen LogP contribution >= 0.6 is 11.6 Å². The molecule has 1 N–H and O–H groups in total. The Hall–Kier alpha value is -2.65. The van der Waals surface area contributed by atoms with Crippen molar-refractivity contribution in [3.8, 4) is 6.07 Å². The number of benzene rings is 1. The summed E-state index contributed by atoms with van der Waals surface area (Å²) in [7, 11) is 0. The number of rotatable bonds is 3. The van der Waals surface area contributed by atoms with Gasteiger partial charge in [-0.1, -0.05) is 11.6 Å². The van der Waals surface area contributed by atoms with E-state index in [-0.39, 0.29) is 16.8 Å². The SMILES string of the molecule is CCn1nc(C(=O)Nc2cc(Cl)ccc2C#N)ccc1=O.